The van der Waals surface area contributed by atoms with Crippen LogP contribution in [0.3, 0.4) is 0 Å². The van der Waals surface area contributed by atoms with Gasteiger partial charge >= 0.3 is 0 Å². The van der Waals surface area contributed by atoms with Gasteiger partial charge < -0.3 is 9.88 Å². The highest BCUT2D eigenvalue weighted by atomic mass is 16.1. The topological polar surface area (TPSA) is 51.1 Å². The molecule has 3 rings (SSSR count). The average molecular weight is 338 g/mol. The Hall–Kier alpha value is -2.36. The van der Waals surface area contributed by atoms with Gasteiger partial charge in [0.05, 0.1) is 6.42 Å². The molecule has 0 radical (unpaired) electrons. The number of aromatic nitrogens is 1. The van der Waals surface area contributed by atoms with Crippen LogP contribution in [-0.2, 0) is 24.2 Å². The number of ketones is 1. The molecule has 1 N–H and O–H groups in total. The molecule has 1 amide bonds. The second-order valence-corrected chi connectivity index (χ2v) is 7.13. The molecule has 1 aromatic carbocycles. The Morgan fingerprint density at radius 1 is 1.20 bits per heavy atom. The molecule has 0 spiro atoms. The lowest BCUT2D eigenvalue weighted by Gasteiger charge is -2.16. The van der Waals surface area contributed by atoms with Gasteiger partial charge in [0.2, 0.25) is 5.91 Å². The van der Waals surface area contributed by atoms with E-state index in [4.69, 9.17) is 0 Å². The molecule has 0 atom stereocenters. The van der Waals surface area contributed by atoms with Crippen molar-refractivity contribution < 1.29 is 9.59 Å². The fourth-order valence-electron chi connectivity index (χ4n) is 3.72. The van der Waals surface area contributed by atoms with Gasteiger partial charge in [0.1, 0.15) is 0 Å². The van der Waals surface area contributed by atoms with E-state index in [0.29, 0.717) is 6.42 Å². The van der Waals surface area contributed by atoms with E-state index >= 15 is 0 Å². The highest BCUT2D eigenvalue weighted by molar-refractivity contribution is 6.01. The third-order valence-electron chi connectivity index (χ3n) is 4.82. The first-order valence-corrected chi connectivity index (χ1v) is 9.04. The normalized spacial score (nSPS) is 13.8. The number of hydrogen-bond donors (Lipinski definition) is 1. The maximum absolute atomic E-state index is 12.6. The number of amides is 1. The predicted octanol–water partition coefficient (Wildman–Crippen LogP) is 3.43. The molecule has 4 nitrogen and oxygen atoms in total. The Balaban J connectivity index is 2.00. The van der Waals surface area contributed by atoms with Crippen LogP contribution in [0, 0.1) is 6.92 Å². The van der Waals surface area contributed by atoms with Gasteiger partial charge in [-0.1, -0.05) is 30.3 Å². The van der Waals surface area contributed by atoms with Crippen LogP contribution < -0.4 is 5.32 Å². The Labute approximate surface area is 149 Å². The van der Waals surface area contributed by atoms with Crippen LogP contribution in [-0.4, -0.2) is 22.3 Å². The van der Waals surface area contributed by atoms with Crippen molar-refractivity contribution in [2.75, 3.05) is 0 Å². The first-order valence-electron chi connectivity index (χ1n) is 9.04. The van der Waals surface area contributed by atoms with E-state index in [1.807, 2.05) is 39.0 Å². The lowest BCUT2D eigenvalue weighted by molar-refractivity contribution is -0.120. The molecule has 4 heteroatoms. The summed E-state index contributed by atoms with van der Waals surface area (Å²) in [4.78, 5) is 24.9. The maximum atomic E-state index is 12.6. The van der Waals surface area contributed by atoms with Gasteiger partial charge in [-0.2, -0.15) is 0 Å². The van der Waals surface area contributed by atoms with Gasteiger partial charge in [-0.15, -0.1) is 0 Å². The number of nitrogens with zero attached hydrogens (tertiary/aromatic N) is 1. The summed E-state index contributed by atoms with van der Waals surface area (Å²) >= 11 is 0. The summed E-state index contributed by atoms with van der Waals surface area (Å²) in [6.45, 7) is 6.68. The van der Waals surface area contributed by atoms with Crippen molar-refractivity contribution in [3.63, 3.8) is 0 Å². The maximum Gasteiger partial charge on any atom is 0.224 e. The summed E-state index contributed by atoms with van der Waals surface area (Å²) in [5, 5.41) is 2.94. The minimum atomic E-state index is -0.0175. The number of nitrogens with one attached hydrogen (secondary N) is 1. The standard InChI is InChI=1S/C21H26N2O2/c1-14(2)22-20(25)12-17-15(3)23(13-16-8-5-4-6-9-16)18-10-7-11-19(24)21(17)18/h4-6,8-9,14H,7,10-13H2,1-3H3,(H,22,25). The zero-order valence-corrected chi connectivity index (χ0v) is 15.3. The molecule has 25 heavy (non-hydrogen) atoms. The first-order chi connectivity index (χ1) is 12.0. The Morgan fingerprint density at radius 2 is 1.92 bits per heavy atom. The highest BCUT2D eigenvalue weighted by Gasteiger charge is 2.29. The fraction of sp³-hybridized carbons (Fsp3) is 0.429. The third kappa shape index (κ3) is 3.68. The summed E-state index contributed by atoms with van der Waals surface area (Å²) in [7, 11) is 0. The van der Waals surface area contributed by atoms with Crippen LogP contribution in [0.5, 0.6) is 0 Å². The van der Waals surface area contributed by atoms with Gasteiger partial charge in [0, 0.05) is 36.0 Å². The van der Waals surface area contributed by atoms with E-state index < -0.39 is 0 Å². The quantitative estimate of drug-likeness (QED) is 0.908. The lowest BCUT2D eigenvalue weighted by Crippen LogP contribution is -2.32. The minimum absolute atomic E-state index is 0.0175. The van der Waals surface area contributed by atoms with Crippen molar-refractivity contribution in [1.82, 2.24) is 9.88 Å². The summed E-state index contributed by atoms with van der Waals surface area (Å²) < 4.78 is 2.24. The van der Waals surface area contributed by atoms with Crippen molar-refractivity contribution in [3.05, 3.63) is 58.4 Å². The number of carbonyl (C=O) groups is 2. The summed E-state index contributed by atoms with van der Waals surface area (Å²) in [6, 6.07) is 10.4. The van der Waals surface area contributed by atoms with Gasteiger partial charge in [-0.3, -0.25) is 9.59 Å². The summed E-state index contributed by atoms with van der Waals surface area (Å²) in [6.07, 6.45) is 2.66. The SMILES string of the molecule is Cc1c(CC(=O)NC(C)C)c2c(n1Cc1ccccc1)CCCC2=O. The number of rotatable bonds is 5. The Kier molecular flexibility index (Phi) is 5.07. The van der Waals surface area contributed by atoms with Gasteiger partial charge in [0.15, 0.2) is 5.78 Å². The monoisotopic (exact) mass is 338 g/mol. The van der Waals surface area contributed by atoms with Crippen molar-refractivity contribution in [3.8, 4) is 0 Å². The molecular formula is C21H26N2O2. The molecule has 0 aliphatic heterocycles. The Morgan fingerprint density at radius 3 is 2.60 bits per heavy atom. The van der Waals surface area contributed by atoms with E-state index in [1.165, 1.54) is 5.56 Å². The summed E-state index contributed by atoms with van der Waals surface area (Å²) in [5.74, 6) is 0.166. The van der Waals surface area contributed by atoms with Crippen molar-refractivity contribution in [2.24, 2.45) is 0 Å². The molecule has 0 saturated heterocycles. The largest absolute Gasteiger partial charge is 0.354 e. The van der Waals surface area contributed by atoms with Crippen LogP contribution in [0.2, 0.25) is 0 Å². The van der Waals surface area contributed by atoms with Crippen LogP contribution in [0.4, 0.5) is 0 Å². The molecule has 0 fully saturated rings. The molecule has 0 unspecified atom stereocenters. The van der Waals surface area contributed by atoms with Crippen molar-refractivity contribution in [1.29, 1.82) is 0 Å². The Bertz CT molecular complexity index is 788. The van der Waals surface area contributed by atoms with Crippen LogP contribution in [0.15, 0.2) is 30.3 Å². The lowest BCUT2D eigenvalue weighted by atomic mass is 9.92. The van der Waals surface area contributed by atoms with E-state index in [2.05, 4.69) is 22.0 Å². The minimum Gasteiger partial charge on any atom is -0.354 e. The van der Waals surface area contributed by atoms with Gasteiger partial charge in [0.25, 0.3) is 0 Å². The molecule has 2 aromatic rings. The average Bonchev–Trinajstić information content (AvgIpc) is 2.82. The first kappa shape index (κ1) is 17.5. The second kappa shape index (κ2) is 7.26. The van der Waals surface area contributed by atoms with Gasteiger partial charge in [-0.25, -0.2) is 0 Å². The van der Waals surface area contributed by atoms with Crippen LogP contribution in [0.1, 0.15) is 59.6 Å². The fourth-order valence-corrected chi connectivity index (χ4v) is 3.72. The molecular weight excluding hydrogens is 312 g/mol. The third-order valence-corrected chi connectivity index (χ3v) is 4.82. The molecule has 1 aliphatic rings. The number of Topliss-reactive ketones (excluding diaryl/α,β-unsaturated/α-hetero) is 1. The number of hydrogen-bond acceptors (Lipinski definition) is 2. The van der Waals surface area contributed by atoms with Crippen LogP contribution >= 0.6 is 0 Å². The predicted molar refractivity (Wildman–Crippen MR) is 99.0 cm³/mol. The second-order valence-electron chi connectivity index (χ2n) is 7.13. The molecule has 0 saturated carbocycles. The smallest absolute Gasteiger partial charge is 0.224 e. The van der Waals surface area contributed by atoms with Crippen LogP contribution in [0.25, 0.3) is 0 Å². The highest BCUT2D eigenvalue weighted by Crippen LogP contribution is 2.31. The van der Waals surface area contributed by atoms with Crippen molar-refractivity contribution >= 4 is 11.7 Å². The molecule has 0 bridgehead atoms. The van der Waals surface area contributed by atoms with E-state index in [1.54, 1.807) is 0 Å². The summed E-state index contributed by atoms with van der Waals surface area (Å²) in [5.41, 5.74) is 5.07. The zero-order chi connectivity index (χ0) is 18.0. The van der Waals surface area contributed by atoms with Gasteiger partial charge in [-0.05, 0) is 44.7 Å². The van der Waals surface area contributed by atoms with E-state index in [9.17, 15) is 9.59 Å². The van der Waals surface area contributed by atoms with E-state index in [-0.39, 0.29) is 24.2 Å². The van der Waals surface area contributed by atoms with Crippen molar-refractivity contribution in [2.45, 2.75) is 59.0 Å². The molecule has 132 valence electrons. The molecule has 1 aromatic heterocycles. The zero-order valence-electron chi connectivity index (χ0n) is 15.3. The van der Waals surface area contributed by atoms with E-state index in [0.717, 1.165) is 41.9 Å². The number of benzene rings is 1. The molecule has 1 heterocycles. The number of carbonyl (C=O) groups excluding carboxylic acids is 2. The number of fused-ring (bicyclic) bond motifs is 1. The molecule has 1 aliphatic carbocycles.